The van der Waals surface area contributed by atoms with Gasteiger partial charge in [0, 0.05) is 11.6 Å². The lowest BCUT2D eigenvalue weighted by molar-refractivity contribution is 0.419. The number of ether oxygens (including phenoxy) is 1. The van der Waals surface area contributed by atoms with Gasteiger partial charge in [-0.3, -0.25) is 4.98 Å². The number of rotatable bonds is 3. The van der Waals surface area contributed by atoms with Crippen molar-refractivity contribution in [2.75, 3.05) is 7.11 Å². The Bertz CT molecular complexity index is 531. The fraction of sp³-hybridized carbons (Fsp3) is 0.214. The second kappa shape index (κ2) is 4.35. The Morgan fingerprint density at radius 1 is 1.38 bits per heavy atom. The van der Waals surface area contributed by atoms with E-state index < -0.39 is 0 Å². The molecule has 0 saturated carbocycles. The Morgan fingerprint density at radius 2 is 2.19 bits per heavy atom. The fourth-order valence-corrected chi connectivity index (χ4v) is 1.72. The lowest BCUT2D eigenvalue weighted by Crippen LogP contribution is -1.88. The zero-order chi connectivity index (χ0) is 11.5. The van der Waals surface area contributed by atoms with E-state index in [0.29, 0.717) is 0 Å². The first-order valence-electron chi connectivity index (χ1n) is 5.37. The molecule has 1 aromatic carbocycles. The molecule has 0 unspecified atom stereocenters. The summed E-state index contributed by atoms with van der Waals surface area (Å²) in [6.07, 6.45) is 2.71. The van der Waals surface area contributed by atoms with Crippen molar-refractivity contribution in [3.05, 3.63) is 42.6 Å². The molecule has 16 heavy (non-hydrogen) atoms. The van der Waals surface area contributed by atoms with Crippen molar-refractivity contribution in [3.8, 4) is 5.75 Å². The first-order chi connectivity index (χ1) is 7.76. The third-order valence-corrected chi connectivity index (χ3v) is 2.76. The van der Waals surface area contributed by atoms with Crippen LogP contribution in [0.5, 0.6) is 5.75 Å². The summed E-state index contributed by atoms with van der Waals surface area (Å²) >= 11 is 0. The summed E-state index contributed by atoms with van der Waals surface area (Å²) < 4.78 is 5.33. The van der Waals surface area contributed by atoms with Gasteiger partial charge in [0.25, 0.3) is 0 Å². The van der Waals surface area contributed by atoms with Gasteiger partial charge >= 0.3 is 0 Å². The molecular formula is C14H15NO. The second-order valence-corrected chi connectivity index (χ2v) is 3.70. The predicted octanol–water partition coefficient (Wildman–Crippen LogP) is 3.67. The van der Waals surface area contributed by atoms with Crippen molar-refractivity contribution in [1.29, 1.82) is 0 Å². The lowest BCUT2D eigenvalue weighted by atomic mass is 10.0. The topological polar surface area (TPSA) is 22.1 Å². The molecule has 0 bridgehead atoms. The van der Waals surface area contributed by atoms with Gasteiger partial charge in [0.2, 0.25) is 0 Å². The normalized spacial score (nSPS) is 10.4. The molecule has 2 rings (SSSR count). The van der Waals surface area contributed by atoms with Crippen LogP contribution in [0.15, 0.2) is 37.0 Å². The number of nitrogens with zero attached hydrogens (tertiary/aromatic N) is 1. The van der Waals surface area contributed by atoms with Crippen LogP contribution in [0.2, 0.25) is 0 Å². The molecule has 1 heterocycles. The standard InChI is InChI=1S/C14H15NO/c1-4-10(2)11-5-6-13-12(9-11)14(16-3)7-8-15-13/h5-9H,2,4H2,1,3H3. The molecule has 0 amide bonds. The molecule has 82 valence electrons. The van der Waals surface area contributed by atoms with Gasteiger partial charge in [0.15, 0.2) is 0 Å². The van der Waals surface area contributed by atoms with E-state index in [9.17, 15) is 0 Å². The van der Waals surface area contributed by atoms with Crippen molar-refractivity contribution >= 4 is 16.5 Å². The molecule has 0 saturated heterocycles. The van der Waals surface area contributed by atoms with Crippen LogP contribution in [0.3, 0.4) is 0 Å². The Kier molecular flexibility index (Phi) is 2.91. The number of hydrogen-bond acceptors (Lipinski definition) is 2. The Hall–Kier alpha value is -1.83. The smallest absolute Gasteiger partial charge is 0.129 e. The van der Waals surface area contributed by atoms with Gasteiger partial charge < -0.3 is 4.74 Å². The van der Waals surface area contributed by atoms with Gasteiger partial charge in [0.05, 0.1) is 12.6 Å². The van der Waals surface area contributed by atoms with E-state index in [4.69, 9.17) is 4.74 Å². The number of aromatic nitrogens is 1. The summed E-state index contributed by atoms with van der Waals surface area (Å²) in [5, 5.41) is 1.04. The highest BCUT2D eigenvalue weighted by atomic mass is 16.5. The van der Waals surface area contributed by atoms with E-state index in [1.54, 1.807) is 13.3 Å². The maximum atomic E-state index is 5.33. The van der Waals surface area contributed by atoms with Gasteiger partial charge in [-0.05, 0) is 35.8 Å². The van der Waals surface area contributed by atoms with E-state index in [-0.39, 0.29) is 0 Å². The fourth-order valence-electron chi connectivity index (χ4n) is 1.72. The molecule has 0 radical (unpaired) electrons. The highest BCUT2D eigenvalue weighted by Gasteiger charge is 2.04. The average Bonchev–Trinajstić information content (AvgIpc) is 2.36. The first-order valence-corrected chi connectivity index (χ1v) is 5.37. The van der Waals surface area contributed by atoms with Crippen molar-refractivity contribution in [2.24, 2.45) is 0 Å². The molecule has 0 atom stereocenters. The molecule has 0 aliphatic heterocycles. The van der Waals surface area contributed by atoms with E-state index in [1.807, 2.05) is 12.1 Å². The van der Waals surface area contributed by atoms with Gasteiger partial charge in [-0.2, -0.15) is 0 Å². The summed E-state index contributed by atoms with van der Waals surface area (Å²) in [6.45, 7) is 6.15. The molecule has 0 aliphatic carbocycles. The van der Waals surface area contributed by atoms with Gasteiger partial charge in [-0.25, -0.2) is 0 Å². The molecular weight excluding hydrogens is 198 g/mol. The van der Waals surface area contributed by atoms with Gasteiger partial charge in [-0.1, -0.05) is 19.6 Å². The minimum Gasteiger partial charge on any atom is -0.496 e. The number of hydrogen-bond donors (Lipinski definition) is 0. The minimum absolute atomic E-state index is 0.857. The zero-order valence-corrected chi connectivity index (χ0v) is 9.66. The number of pyridine rings is 1. The maximum Gasteiger partial charge on any atom is 0.129 e. The Balaban J connectivity index is 2.63. The SMILES string of the molecule is C=C(CC)c1ccc2nccc(OC)c2c1. The van der Waals surface area contributed by atoms with E-state index in [0.717, 1.165) is 34.2 Å². The zero-order valence-electron chi connectivity index (χ0n) is 9.66. The van der Waals surface area contributed by atoms with Crippen LogP contribution in [-0.4, -0.2) is 12.1 Å². The predicted molar refractivity (Wildman–Crippen MR) is 67.6 cm³/mol. The van der Waals surface area contributed by atoms with Crippen LogP contribution in [-0.2, 0) is 0 Å². The van der Waals surface area contributed by atoms with Gasteiger partial charge in [-0.15, -0.1) is 0 Å². The summed E-state index contributed by atoms with van der Waals surface area (Å²) in [6, 6.07) is 8.03. The van der Waals surface area contributed by atoms with Crippen LogP contribution in [0, 0.1) is 0 Å². The molecule has 0 spiro atoms. The van der Waals surface area contributed by atoms with Crippen LogP contribution < -0.4 is 4.74 Å². The molecule has 2 nitrogen and oxygen atoms in total. The van der Waals surface area contributed by atoms with E-state index in [1.165, 1.54) is 0 Å². The Morgan fingerprint density at radius 3 is 2.88 bits per heavy atom. The van der Waals surface area contributed by atoms with Crippen molar-refractivity contribution in [1.82, 2.24) is 4.98 Å². The van der Waals surface area contributed by atoms with E-state index in [2.05, 4.69) is 30.6 Å². The van der Waals surface area contributed by atoms with Crippen LogP contribution in [0.25, 0.3) is 16.5 Å². The highest BCUT2D eigenvalue weighted by molar-refractivity contribution is 5.88. The number of fused-ring (bicyclic) bond motifs is 1. The lowest BCUT2D eigenvalue weighted by Gasteiger charge is -2.07. The molecule has 0 fully saturated rings. The number of benzene rings is 1. The third-order valence-electron chi connectivity index (χ3n) is 2.76. The molecule has 1 aromatic heterocycles. The summed E-state index contributed by atoms with van der Waals surface area (Å²) in [5.41, 5.74) is 3.24. The summed E-state index contributed by atoms with van der Waals surface area (Å²) in [4.78, 5) is 4.31. The summed E-state index contributed by atoms with van der Waals surface area (Å²) in [5.74, 6) is 0.857. The monoisotopic (exact) mass is 213 g/mol. The summed E-state index contributed by atoms with van der Waals surface area (Å²) in [7, 11) is 1.68. The van der Waals surface area contributed by atoms with Crippen LogP contribution in [0.4, 0.5) is 0 Å². The largest absolute Gasteiger partial charge is 0.496 e. The van der Waals surface area contributed by atoms with Crippen LogP contribution in [0.1, 0.15) is 18.9 Å². The third kappa shape index (κ3) is 1.78. The van der Waals surface area contributed by atoms with E-state index >= 15 is 0 Å². The molecule has 2 aromatic rings. The average molecular weight is 213 g/mol. The van der Waals surface area contributed by atoms with Gasteiger partial charge in [0.1, 0.15) is 5.75 Å². The Labute approximate surface area is 95.6 Å². The maximum absolute atomic E-state index is 5.33. The number of allylic oxidation sites excluding steroid dienone is 1. The minimum atomic E-state index is 0.857. The van der Waals surface area contributed by atoms with Crippen molar-refractivity contribution < 1.29 is 4.74 Å². The highest BCUT2D eigenvalue weighted by Crippen LogP contribution is 2.27. The number of methoxy groups -OCH3 is 1. The van der Waals surface area contributed by atoms with Crippen molar-refractivity contribution in [3.63, 3.8) is 0 Å². The quantitative estimate of drug-likeness (QED) is 0.776. The first kappa shape index (κ1) is 10.7. The van der Waals surface area contributed by atoms with Crippen LogP contribution >= 0.6 is 0 Å². The molecule has 0 N–H and O–H groups in total. The molecule has 2 heteroatoms. The second-order valence-electron chi connectivity index (χ2n) is 3.70. The molecule has 0 aliphatic rings. The van der Waals surface area contributed by atoms with Crippen molar-refractivity contribution in [2.45, 2.75) is 13.3 Å².